The Morgan fingerprint density at radius 3 is 2.62 bits per heavy atom. The number of hydrogen-bond donors (Lipinski definition) is 0. The zero-order valence-corrected chi connectivity index (χ0v) is 12.7. The maximum absolute atomic E-state index is 12.8. The van der Waals surface area contributed by atoms with Crippen molar-refractivity contribution in [2.24, 2.45) is 0 Å². The van der Waals surface area contributed by atoms with E-state index in [0.29, 0.717) is 13.2 Å². The highest BCUT2D eigenvalue weighted by atomic mass is 32.2. The predicted molar refractivity (Wildman–Crippen MR) is 86.1 cm³/mol. The van der Waals surface area contributed by atoms with Crippen molar-refractivity contribution in [2.75, 3.05) is 25.2 Å². The van der Waals surface area contributed by atoms with Crippen LogP contribution in [0, 0.1) is 0 Å². The number of fused-ring (bicyclic) bond motifs is 1. The van der Waals surface area contributed by atoms with E-state index in [1.54, 1.807) is 18.9 Å². The van der Waals surface area contributed by atoms with E-state index >= 15 is 0 Å². The fraction of sp³-hybridized carbons (Fsp3) is 0.235. The number of rotatable bonds is 5. The van der Waals surface area contributed by atoms with Crippen molar-refractivity contribution < 1.29 is 9.53 Å². The summed E-state index contributed by atoms with van der Waals surface area (Å²) in [6.45, 7) is 1.32. The Kier molecular flexibility index (Phi) is 4.27. The van der Waals surface area contributed by atoms with Crippen molar-refractivity contribution in [1.82, 2.24) is 0 Å². The summed E-state index contributed by atoms with van der Waals surface area (Å²) in [4.78, 5) is 16.1. The number of ketones is 1. The molecule has 0 saturated carbocycles. The van der Waals surface area contributed by atoms with Crippen molar-refractivity contribution in [2.45, 2.75) is 10.3 Å². The van der Waals surface area contributed by atoms with Gasteiger partial charge in [0.05, 0.1) is 12.3 Å². The zero-order chi connectivity index (χ0) is 14.7. The molecule has 1 atom stereocenters. The molecule has 2 aromatic rings. The summed E-state index contributed by atoms with van der Waals surface area (Å²) in [5, 5.41) is -0.208. The van der Waals surface area contributed by atoms with Crippen LogP contribution in [-0.2, 0) is 4.74 Å². The van der Waals surface area contributed by atoms with E-state index in [-0.39, 0.29) is 11.2 Å². The number of ether oxygens (including phenoxy) is 1. The van der Waals surface area contributed by atoms with E-state index in [9.17, 15) is 4.79 Å². The summed E-state index contributed by atoms with van der Waals surface area (Å²) in [5.41, 5.74) is 1.87. The van der Waals surface area contributed by atoms with Gasteiger partial charge in [-0.15, -0.1) is 0 Å². The third kappa shape index (κ3) is 2.82. The first-order valence-corrected chi connectivity index (χ1v) is 7.80. The van der Waals surface area contributed by atoms with Gasteiger partial charge in [0.15, 0.2) is 5.78 Å². The minimum Gasteiger partial charge on any atom is -0.383 e. The average Bonchev–Trinajstić information content (AvgIpc) is 2.91. The third-order valence-corrected chi connectivity index (χ3v) is 4.81. The van der Waals surface area contributed by atoms with Crippen molar-refractivity contribution in [1.29, 1.82) is 0 Å². The minimum atomic E-state index is -0.208. The molecule has 108 valence electrons. The predicted octanol–water partition coefficient (Wildman–Crippen LogP) is 3.45. The largest absolute Gasteiger partial charge is 0.383 e. The lowest BCUT2D eigenvalue weighted by atomic mass is 10.1. The molecule has 2 aromatic carbocycles. The molecule has 1 heterocycles. The second kappa shape index (κ2) is 6.33. The quantitative estimate of drug-likeness (QED) is 0.791. The van der Waals surface area contributed by atoms with Crippen LogP contribution in [0.5, 0.6) is 0 Å². The monoisotopic (exact) mass is 299 g/mol. The normalized spacial score (nSPS) is 16.8. The van der Waals surface area contributed by atoms with Crippen LogP contribution >= 0.6 is 11.8 Å². The van der Waals surface area contributed by atoms with E-state index in [0.717, 1.165) is 16.1 Å². The average molecular weight is 299 g/mol. The molecule has 1 aliphatic rings. The van der Waals surface area contributed by atoms with Gasteiger partial charge in [0, 0.05) is 24.1 Å². The Balaban J connectivity index is 1.89. The summed E-state index contributed by atoms with van der Waals surface area (Å²) in [7, 11) is 1.68. The van der Waals surface area contributed by atoms with Gasteiger partial charge in [0.2, 0.25) is 0 Å². The number of thioether (sulfide) groups is 1. The van der Waals surface area contributed by atoms with Crippen LogP contribution in [-0.4, -0.2) is 31.4 Å². The number of benzene rings is 2. The lowest BCUT2D eigenvalue weighted by Gasteiger charge is -2.25. The lowest BCUT2D eigenvalue weighted by molar-refractivity contribution is 0.0986. The molecule has 3 rings (SSSR count). The summed E-state index contributed by atoms with van der Waals surface area (Å²) >= 11 is 1.62. The molecule has 1 unspecified atom stereocenters. The lowest BCUT2D eigenvalue weighted by Crippen LogP contribution is -2.38. The van der Waals surface area contributed by atoms with Gasteiger partial charge in [-0.2, -0.15) is 0 Å². The maximum atomic E-state index is 12.8. The Morgan fingerprint density at radius 1 is 1.14 bits per heavy atom. The standard InChI is InChI=1S/C17H17NO2S/c1-20-12-11-18-14-9-5-6-10-15(14)21-17(18)16(19)13-7-3-2-4-8-13/h2-10,17H,11-12H2,1H3. The van der Waals surface area contributed by atoms with Crippen LogP contribution in [0.2, 0.25) is 0 Å². The van der Waals surface area contributed by atoms with E-state index in [2.05, 4.69) is 17.0 Å². The van der Waals surface area contributed by atoms with Crippen molar-refractivity contribution in [3.05, 3.63) is 60.2 Å². The number of methoxy groups -OCH3 is 1. The van der Waals surface area contributed by atoms with Crippen LogP contribution in [0.25, 0.3) is 0 Å². The van der Waals surface area contributed by atoms with Gasteiger partial charge < -0.3 is 9.64 Å². The van der Waals surface area contributed by atoms with Crippen molar-refractivity contribution in [3.8, 4) is 0 Å². The Morgan fingerprint density at radius 2 is 1.86 bits per heavy atom. The van der Waals surface area contributed by atoms with Gasteiger partial charge in [-0.05, 0) is 12.1 Å². The van der Waals surface area contributed by atoms with E-state index in [4.69, 9.17) is 4.74 Å². The van der Waals surface area contributed by atoms with E-state index in [1.807, 2.05) is 42.5 Å². The molecule has 0 bridgehead atoms. The first-order chi connectivity index (χ1) is 10.3. The minimum absolute atomic E-state index is 0.146. The van der Waals surface area contributed by atoms with Crippen molar-refractivity contribution in [3.63, 3.8) is 0 Å². The first kappa shape index (κ1) is 14.2. The van der Waals surface area contributed by atoms with Crippen LogP contribution in [0.15, 0.2) is 59.5 Å². The molecule has 0 amide bonds. The van der Waals surface area contributed by atoms with Gasteiger partial charge >= 0.3 is 0 Å². The molecule has 0 fully saturated rings. The molecule has 0 N–H and O–H groups in total. The molecular formula is C17H17NO2S. The maximum Gasteiger partial charge on any atom is 0.195 e. The molecule has 4 heteroatoms. The van der Waals surface area contributed by atoms with Crippen LogP contribution in [0.4, 0.5) is 5.69 Å². The number of nitrogens with zero attached hydrogens (tertiary/aromatic N) is 1. The molecule has 0 aromatic heterocycles. The number of hydrogen-bond acceptors (Lipinski definition) is 4. The Bertz CT molecular complexity index is 630. The van der Waals surface area contributed by atoms with Gasteiger partial charge in [0.1, 0.15) is 5.37 Å². The molecule has 0 radical (unpaired) electrons. The van der Waals surface area contributed by atoms with Gasteiger partial charge in [-0.3, -0.25) is 4.79 Å². The second-order valence-corrected chi connectivity index (χ2v) is 5.98. The number of anilines is 1. The second-order valence-electron chi connectivity index (χ2n) is 4.85. The van der Waals surface area contributed by atoms with E-state index in [1.165, 1.54) is 0 Å². The van der Waals surface area contributed by atoms with Gasteiger partial charge in [-0.1, -0.05) is 54.2 Å². The number of Topliss-reactive ketones (excluding diaryl/α,β-unsaturated/α-hetero) is 1. The Labute approximate surface area is 128 Å². The molecule has 0 aliphatic carbocycles. The summed E-state index contributed by atoms with van der Waals surface area (Å²) in [6, 6.07) is 17.6. The highest BCUT2D eigenvalue weighted by Gasteiger charge is 2.35. The Hall–Kier alpha value is -1.78. The fourth-order valence-electron chi connectivity index (χ4n) is 2.47. The van der Waals surface area contributed by atoms with Crippen molar-refractivity contribution >= 4 is 23.2 Å². The fourth-order valence-corrected chi connectivity index (χ4v) is 3.76. The summed E-state index contributed by atoms with van der Waals surface area (Å²) in [5.74, 6) is 0.146. The molecule has 0 saturated heterocycles. The molecule has 1 aliphatic heterocycles. The molecular weight excluding hydrogens is 282 g/mol. The SMILES string of the molecule is COCCN1c2ccccc2SC1C(=O)c1ccccc1. The topological polar surface area (TPSA) is 29.5 Å². The molecule has 3 nitrogen and oxygen atoms in total. The number of carbonyl (C=O) groups is 1. The molecule has 0 spiro atoms. The van der Waals surface area contributed by atoms with Crippen LogP contribution in [0.1, 0.15) is 10.4 Å². The first-order valence-electron chi connectivity index (χ1n) is 6.92. The van der Waals surface area contributed by atoms with Gasteiger partial charge in [0.25, 0.3) is 0 Å². The zero-order valence-electron chi connectivity index (χ0n) is 11.9. The van der Waals surface area contributed by atoms with Crippen LogP contribution in [0.3, 0.4) is 0 Å². The number of para-hydroxylation sites is 1. The summed E-state index contributed by atoms with van der Waals surface area (Å²) in [6.07, 6.45) is 0. The van der Waals surface area contributed by atoms with Crippen LogP contribution < -0.4 is 4.90 Å². The molecule has 21 heavy (non-hydrogen) atoms. The highest BCUT2D eigenvalue weighted by molar-refractivity contribution is 8.01. The van der Waals surface area contributed by atoms with E-state index < -0.39 is 0 Å². The number of carbonyl (C=O) groups excluding carboxylic acids is 1. The smallest absolute Gasteiger partial charge is 0.195 e. The highest BCUT2D eigenvalue weighted by Crippen LogP contribution is 2.44. The third-order valence-electron chi connectivity index (χ3n) is 3.52. The van der Waals surface area contributed by atoms with Gasteiger partial charge in [-0.25, -0.2) is 0 Å². The summed E-state index contributed by atoms with van der Waals surface area (Å²) < 4.78 is 5.19.